The minimum Gasteiger partial charge on any atom is -0.371 e. The van der Waals surface area contributed by atoms with E-state index in [1.807, 2.05) is 66.7 Å². The number of benzene rings is 2. The van der Waals surface area contributed by atoms with Crippen molar-refractivity contribution in [1.82, 2.24) is 10.3 Å². The van der Waals surface area contributed by atoms with Crippen LogP contribution >= 0.6 is 0 Å². The van der Waals surface area contributed by atoms with Gasteiger partial charge in [0, 0.05) is 6.20 Å². The van der Waals surface area contributed by atoms with Crippen LogP contribution in [0.3, 0.4) is 0 Å². The number of ether oxygens (including phenoxy) is 1. The Kier molecular flexibility index (Phi) is 6.51. The molecule has 0 saturated heterocycles. The van der Waals surface area contributed by atoms with Gasteiger partial charge in [0.25, 0.3) is 0 Å². The van der Waals surface area contributed by atoms with Crippen molar-refractivity contribution in [3.63, 3.8) is 0 Å². The van der Waals surface area contributed by atoms with E-state index in [4.69, 9.17) is 4.74 Å². The van der Waals surface area contributed by atoms with Gasteiger partial charge < -0.3 is 10.1 Å². The summed E-state index contributed by atoms with van der Waals surface area (Å²) in [4.78, 5) is 16.7. The second kappa shape index (κ2) is 9.49. The highest BCUT2D eigenvalue weighted by atomic mass is 16.5. The van der Waals surface area contributed by atoms with Crippen LogP contribution in [0.2, 0.25) is 0 Å². The van der Waals surface area contributed by atoms with Crippen LogP contribution in [0.15, 0.2) is 85.1 Å². The monoisotopic (exact) mass is 346 g/mol. The molecule has 132 valence electrons. The molecule has 1 aromatic heterocycles. The van der Waals surface area contributed by atoms with Gasteiger partial charge in [-0.3, -0.25) is 9.78 Å². The van der Waals surface area contributed by atoms with Crippen molar-refractivity contribution in [1.29, 1.82) is 0 Å². The Hall–Kier alpha value is -2.98. The van der Waals surface area contributed by atoms with Crippen LogP contribution in [-0.4, -0.2) is 24.1 Å². The van der Waals surface area contributed by atoms with Gasteiger partial charge in [0.05, 0.1) is 18.3 Å². The van der Waals surface area contributed by atoms with Crippen molar-refractivity contribution in [2.24, 2.45) is 0 Å². The molecule has 0 radical (unpaired) electrons. The summed E-state index contributed by atoms with van der Waals surface area (Å²) >= 11 is 0. The number of hydrogen-bond donors (Lipinski definition) is 1. The van der Waals surface area contributed by atoms with Gasteiger partial charge >= 0.3 is 0 Å². The van der Waals surface area contributed by atoms with Crippen molar-refractivity contribution in [2.45, 2.75) is 12.5 Å². The Morgan fingerprint density at radius 2 is 1.62 bits per heavy atom. The molecule has 1 heterocycles. The number of nitrogens with zero attached hydrogens (tertiary/aromatic N) is 1. The Morgan fingerprint density at radius 1 is 0.923 bits per heavy atom. The summed E-state index contributed by atoms with van der Waals surface area (Å²) in [7, 11) is 0. The Balaban J connectivity index is 1.56. The van der Waals surface area contributed by atoms with E-state index < -0.39 is 0 Å². The smallest absolute Gasteiger partial charge is 0.246 e. The summed E-state index contributed by atoms with van der Waals surface area (Å²) in [6.07, 6.45) is 2.52. The van der Waals surface area contributed by atoms with Gasteiger partial charge in [-0.1, -0.05) is 66.7 Å². The number of aromatic nitrogens is 1. The highest BCUT2D eigenvalue weighted by Gasteiger charge is 2.17. The number of amides is 1. The third kappa shape index (κ3) is 5.26. The van der Waals surface area contributed by atoms with Crippen molar-refractivity contribution < 1.29 is 9.53 Å². The van der Waals surface area contributed by atoms with E-state index in [1.54, 1.807) is 6.20 Å². The number of rotatable bonds is 8. The zero-order valence-electron chi connectivity index (χ0n) is 14.5. The molecule has 1 N–H and O–H groups in total. The fourth-order valence-corrected chi connectivity index (χ4v) is 2.72. The van der Waals surface area contributed by atoms with Gasteiger partial charge in [-0.15, -0.1) is 0 Å². The zero-order valence-corrected chi connectivity index (χ0v) is 14.5. The quantitative estimate of drug-likeness (QED) is 0.635. The van der Waals surface area contributed by atoms with Gasteiger partial charge in [-0.25, -0.2) is 0 Å². The first-order valence-electron chi connectivity index (χ1n) is 8.70. The molecule has 3 rings (SSSR count). The highest BCUT2D eigenvalue weighted by molar-refractivity contribution is 5.78. The first kappa shape index (κ1) is 17.8. The lowest BCUT2D eigenvalue weighted by atomic mass is 10.0. The molecule has 0 aliphatic rings. The molecule has 3 aromatic rings. The van der Waals surface area contributed by atoms with Crippen LogP contribution < -0.4 is 5.32 Å². The van der Waals surface area contributed by atoms with Crippen molar-refractivity contribution in [3.05, 3.63) is 102 Å². The molecule has 1 amide bonds. The second-order valence-electron chi connectivity index (χ2n) is 5.95. The SMILES string of the molecule is O=C(COCCc1ccccc1)N[C@H](c1ccccc1)c1ccccn1. The highest BCUT2D eigenvalue weighted by Crippen LogP contribution is 2.19. The lowest BCUT2D eigenvalue weighted by Gasteiger charge is -2.19. The summed E-state index contributed by atoms with van der Waals surface area (Å²) in [5.74, 6) is -0.155. The van der Waals surface area contributed by atoms with Crippen LogP contribution in [0, 0.1) is 0 Å². The Labute approximate surface area is 153 Å². The molecule has 0 bridgehead atoms. The lowest BCUT2D eigenvalue weighted by molar-refractivity contribution is -0.126. The summed E-state index contributed by atoms with van der Waals surface area (Å²) in [5.41, 5.74) is 2.99. The average molecular weight is 346 g/mol. The topological polar surface area (TPSA) is 51.2 Å². The van der Waals surface area contributed by atoms with Gasteiger partial charge in [-0.05, 0) is 29.7 Å². The number of carbonyl (C=O) groups is 1. The molecule has 0 spiro atoms. The maximum atomic E-state index is 12.3. The Bertz CT molecular complexity index is 753. The Morgan fingerprint density at radius 3 is 2.31 bits per heavy atom. The van der Waals surface area contributed by atoms with Crippen molar-refractivity contribution in [3.8, 4) is 0 Å². The molecule has 1 atom stereocenters. The summed E-state index contributed by atoms with van der Waals surface area (Å²) in [6, 6.07) is 25.3. The lowest BCUT2D eigenvalue weighted by Crippen LogP contribution is -2.33. The fraction of sp³-hybridized carbons (Fsp3) is 0.182. The third-order valence-corrected chi connectivity index (χ3v) is 4.03. The first-order valence-corrected chi connectivity index (χ1v) is 8.70. The van der Waals surface area contributed by atoms with E-state index in [9.17, 15) is 4.79 Å². The molecule has 4 heteroatoms. The first-order chi connectivity index (χ1) is 12.8. The van der Waals surface area contributed by atoms with Crippen LogP contribution in [-0.2, 0) is 16.0 Å². The standard InChI is InChI=1S/C22H22N2O2/c25-21(17-26-16-14-18-9-3-1-4-10-18)24-22(19-11-5-2-6-12-19)20-13-7-8-15-23-20/h1-13,15,22H,14,16-17H2,(H,24,25)/t22-/m1/s1. The van der Waals surface area contributed by atoms with E-state index in [0.717, 1.165) is 17.7 Å². The van der Waals surface area contributed by atoms with Crippen molar-refractivity contribution >= 4 is 5.91 Å². The van der Waals surface area contributed by atoms with E-state index in [-0.39, 0.29) is 18.6 Å². The molecule has 4 nitrogen and oxygen atoms in total. The minimum atomic E-state index is -0.289. The minimum absolute atomic E-state index is 0.0308. The fourth-order valence-electron chi connectivity index (χ4n) is 2.72. The van der Waals surface area contributed by atoms with Gasteiger partial charge in [0.2, 0.25) is 5.91 Å². The number of nitrogens with one attached hydrogen (secondary N) is 1. The number of hydrogen-bond acceptors (Lipinski definition) is 3. The molecule has 0 aliphatic carbocycles. The van der Waals surface area contributed by atoms with Crippen LogP contribution in [0.25, 0.3) is 0 Å². The molecule has 26 heavy (non-hydrogen) atoms. The van der Waals surface area contributed by atoms with Crippen LogP contribution in [0.4, 0.5) is 0 Å². The molecule has 2 aromatic carbocycles. The molecular weight excluding hydrogens is 324 g/mol. The molecule has 0 fully saturated rings. The van der Waals surface area contributed by atoms with Gasteiger partial charge in [0.1, 0.15) is 6.61 Å². The average Bonchev–Trinajstić information content (AvgIpc) is 2.71. The van der Waals surface area contributed by atoms with Crippen LogP contribution in [0.1, 0.15) is 22.9 Å². The summed E-state index contributed by atoms with van der Waals surface area (Å²) in [5, 5.41) is 3.02. The van der Waals surface area contributed by atoms with E-state index >= 15 is 0 Å². The molecule has 0 aliphatic heterocycles. The summed E-state index contributed by atoms with van der Waals surface area (Å²) in [6.45, 7) is 0.542. The third-order valence-electron chi connectivity index (χ3n) is 4.03. The largest absolute Gasteiger partial charge is 0.371 e. The molecular formula is C22H22N2O2. The summed E-state index contributed by atoms with van der Waals surface area (Å²) < 4.78 is 5.54. The van der Waals surface area contributed by atoms with E-state index in [0.29, 0.717) is 6.61 Å². The predicted octanol–water partition coefficient (Wildman–Crippen LogP) is 3.55. The van der Waals surface area contributed by atoms with Crippen molar-refractivity contribution in [2.75, 3.05) is 13.2 Å². The second-order valence-corrected chi connectivity index (χ2v) is 5.95. The molecule has 0 saturated carbocycles. The number of pyridine rings is 1. The zero-order chi connectivity index (χ0) is 18.0. The van der Waals surface area contributed by atoms with Gasteiger partial charge in [0.15, 0.2) is 0 Å². The molecule has 0 unspecified atom stereocenters. The maximum absolute atomic E-state index is 12.3. The number of carbonyl (C=O) groups excluding carboxylic acids is 1. The maximum Gasteiger partial charge on any atom is 0.246 e. The predicted molar refractivity (Wildman–Crippen MR) is 102 cm³/mol. The normalized spacial score (nSPS) is 11.7. The van der Waals surface area contributed by atoms with E-state index in [2.05, 4.69) is 22.4 Å². The van der Waals surface area contributed by atoms with E-state index in [1.165, 1.54) is 5.56 Å². The van der Waals surface area contributed by atoms with Gasteiger partial charge in [-0.2, -0.15) is 0 Å². The van der Waals surface area contributed by atoms with Crippen LogP contribution in [0.5, 0.6) is 0 Å².